The van der Waals surface area contributed by atoms with Gasteiger partial charge >= 0.3 is 0 Å². The molecule has 6 aliphatic heterocycles. The van der Waals surface area contributed by atoms with Crippen molar-refractivity contribution in [2.45, 2.75) is 0 Å². The third kappa shape index (κ3) is 7.98. The lowest BCUT2D eigenvalue weighted by Gasteiger charge is -2.29. The van der Waals surface area contributed by atoms with Gasteiger partial charge in [-0.05, 0) is 148 Å². The van der Waals surface area contributed by atoms with Gasteiger partial charge in [0, 0.05) is 131 Å². The van der Waals surface area contributed by atoms with Crippen LogP contribution in [0.5, 0.6) is 0 Å². The monoisotopic (exact) mass is 1790 g/mol. The Morgan fingerprint density at radius 2 is 0.446 bits per heavy atom. The zero-order valence-electron chi connectivity index (χ0n) is 56.5. The van der Waals surface area contributed by atoms with Crippen molar-refractivity contribution >= 4 is 291 Å². The minimum Gasteiger partial charge on any atom is -0.278 e. The summed E-state index contributed by atoms with van der Waals surface area (Å²) in [7, 11) is 4.14. The van der Waals surface area contributed by atoms with Gasteiger partial charge in [-0.25, -0.2) is 28.7 Å². The van der Waals surface area contributed by atoms with Crippen LogP contribution < -0.4 is 0 Å². The topological polar surface area (TPSA) is 337 Å². The Hall–Kier alpha value is -14.9. The Morgan fingerprint density at radius 1 is 0.241 bits per heavy atom. The summed E-state index contributed by atoms with van der Waals surface area (Å²) in [6.07, 6.45) is 0. The molecule has 0 spiro atoms. The molecule has 112 heavy (non-hydrogen) atoms. The van der Waals surface area contributed by atoms with E-state index in [1.54, 1.807) is 117 Å². The number of imide groups is 6. The quantitative estimate of drug-likeness (QED) is 0.0340. The minimum atomic E-state index is -0.649. The van der Waals surface area contributed by atoms with Gasteiger partial charge in [0.1, 0.15) is 0 Å². The fraction of sp³-hybridized carbons (Fsp3) is 0.0361. The van der Waals surface area contributed by atoms with Crippen LogP contribution in [0, 0.1) is 71.6 Å². The van der Waals surface area contributed by atoms with E-state index in [1.807, 2.05) is 0 Å². The molecule has 0 bridgehead atoms. The van der Waals surface area contributed by atoms with Gasteiger partial charge in [-0.1, -0.05) is 24.3 Å². The van der Waals surface area contributed by atoms with Crippen molar-refractivity contribution in [2.24, 2.45) is 0 Å². The molecule has 0 aromatic heterocycles. The molecule has 15 aromatic rings. The van der Waals surface area contributed by atoms with Crippen LogP contribution in [0.1, 0.15) is 147 Å². The highest BCUT2D eigenvalue weighted by Crippen LogP contribution is 2.57. The van der Waals surface area contributed by atoms with E-state index in [2.05, 4.69) is 43.7 Å². The highest BCUT2D eigenvalue weighted by molar-refractivity contribution is 14.1. The van der Waals surface area contributed by atoms with Crippen LogP contribution in [-0.2, 0) is 0 Å². The highest BCUT2D eigenvalue weighted by atomic mass is 127. The molecule has 0 atom stereocenters. The van der Waals surface area contributed by atoms with E-state index < -0.39 is 70.9 Å². The molecule has 0 unspecified atom stereocenters. The first-order chi connectivity index (χ1) is 53.8. The molecular formula is C83H25I3N14O12. The number of hydrogen-bond donors (Lipinski definition) is 0. The molecule has 6 aliphatic rings. The van der Waals surface area contributed by atoms with Crippen molar-refractivity contribution < 1.29 is 57.5 Å². The maximum Gasteiger partial charge on any atom is 0.270 e. The van der Waals surface area contributed by atoms with Crippen LogP contribution in [0.2, 0.25) is 0 Å². The van der Waals surface area contributed by atoms with Crippen LogP contribution in [0.4, 0.5) is 22.7 Å². The molecule has 0 saturated heterocycles. The van der Waals surface area contributed by atoms with Crippen LogP contribution in [0.15, 0.2) is 97.1 Å². The second-order valence-electron chi connectivity index (χ2n) is 26.9. The zero-order valence-corrected chi connectivity index (χ0v) is 63.0. The van der Waals surface area contributed by atoms with Crippen molar-refractivity contribution in [3.05, 3.63) is 232 Å². The van der Waals surface area contributed by atoms with E-state index in [9.17, 15) is 78.6 Å². The zero-order chi connectivity index (χ0) is 78.8. The Morgan fingerprint density at radius 3 is 0.786 bits per heavy atom. The number of fused-ring (bicyclic) bond motifs is 6. The summed E-state index contributed by atoms with van der Waals surface area (Å²) in [5.74, 6) is -6.43. The van der Waals surface area contributed by atoms with E-state index in [-0.39, 0.29) is 133 Å². The maximum absolute atomic E-state index is 13.2. The average molecular weight is 1790 g/mol. The minimum absolute atomic E-state index is 0.00197. The lowest BCUT2D eigenvalue weighted by molar-refractivity contribution is 0.0635. The van der Waals surface area contributed by atoms with Crippen LogP contribution in [0.25, 0.3) is 149 Å². The van der Waals surface area contributed by atoms with E-state index in [0.29, 0.717) is 108 Å². The number of rotatable bonds is 0. The number of halogens is 3. The van der Waals surface area contributed by atoms with Gasteiger partial charge in [-0.2, -0.15) is 21.0 Å². The van der Waals surface area contributed by atoms with Crippen LogP contribution >= 0.6 is 68.6 Å². The molecule has 0 aliphatic carbocycles. The predicted molar refractivity (Wildman–Crippen MR) is 430 cm³/mol. The molecule has 0 saturated carbocycles. The van der Waals surface area contributed by atoms with Crippen LogP contribution in [0.3, 0.4) is 0 Å². The Balaban J connectivity index is 0.000000113. The second kappa shape index (κ2) is 22.9. The number of hydrogen-bond acceptors (Lipinski definition) is 16. The first-order valence-corrected chi connectivity index (χ1v) is 35.8. The first kappa shape index (κ1) is 67.7. The maximum atomic E-state index is 13.2. The summed E-state index contributed by atoms with van der Waals surface area (Å²) in [6, 6.07) is 33.3. The van der Waals surface area contributed by atoms with Crippen molar-refractivity contribution in [1.82, 2.24) is 24.0 Å². The summed E-state index contributed by atoms with van der Waals surface area (Å²) < 4.78 is 2.84. The van der Waals surface area contributed by atoms with Gasteiger partial charge in [-0.15, -0.1) is 0 Å². The molecule has 0 radical (unpaired) electrons. The van der Waals surface area contributed by atoms with Gasteiger partial charge in [0.2, 0.25) is 0 Å². The molecule has 0 N–H and O–H groups in total. The second-order valence-corrected chi connectivity index (χ2v) is 29.8. The molecule has 21 rings (SSSR count). The Bertz CT molecular complexity index is 7420. The van der Waals surface area contributed by atoms with E-state index in [4.69, 9.17) is 26.3 Å². The van der Waals surface area contributed by atoms with Crippen molar-refractivity contribution in [3.63, 3.8) is 0 Å². The van der Waals surface area contributed by atoms with Gasteiger partial charge in [0.25, 0.3) is 70.9 Å². The largest absolute Gasteiger partial charge is 0.278 e. The number of carbonyl (C=O) groups is 12. The summed E-state index contributed by atoms with van der Waals surface area (Å²) in [6.45, 7) is 31.8. The molecular weight excluding hydrogens is 1770 g/mol. The number of carbonyl (C=O) groups excluding carboxylic acids is 12. The smallest absolute Gasteiger partial charge is 0.270 e. The molecule has 26 nitrogen and oxygen atoms in total. The number of benzene rings is 15. The Kier molecular flexibility index (Phi) is 13.8. The molecule has 15 aromatic carbocycles. The Labute approximate surface area is 665 Å². The third-order valence-electron chi connectivity index (χ3n) is 22.1. The predicted octanol–water partition coefficient (Wildman–Crippen LogP) is 16.4. The first-order valence-electron chi connectivity index (χ1n) is 32.9. The summed E-state index contributed by atoms with van der Waals surface area (Å²) in [5.41, 5.74) is 3.40. The normalized spacial score (nSPS) is 14.7. The van der Waals surface area contributed by atoms with Crippen LogP contribution in [-0.4, -0.2) is 116 Å². The SMILES string of the molecule is [C-]#[N+]c1cc2c3c(cc(C#N)c4c5c(C#N)cc6c7c(cc([N+]#[C-])c(c1c34)c75)C(=O)N(I)C6=O)C(=O)N(C)C2=O.[C-]#[N+]c1cc2c3c(cc(C#N)c4c5ccc6c7c(ccc(c1c34)c75)C(=O)N(C)C6=O)C(=O)N(I)C2=O.[C-]#[N+]c1cc2c3c(ccc4c5c(C#N)cc6c7c(ccc(c1c34)c75)C(=O)N(C)C6=O)C(=O)N(I)C2=O. The van der Waals surface area contributed by atoms with Gasteiger partial charge in [0.15, 0.2) is 22.7 Å². The average Bonchev–Trinajstić information content (AvgIpc) is 0.676. The number of amides is 12. The number of nitrogens with zero attached hydrogens (tertiary/aromatic N) is 14. The lowest BCUT2D eigenvalue weighted by atomic mass is 9.78. The van der Waals surface area contributed by atoms with E-state index >= 15 is 0 Å². The summed E-state index contributed by atoms with van der Waals surface area (Å²) in [5, 5.41) is 50.8. The molecule has 6 heterocycles. The van der Waals surface area contributed by atoms with E-state index in [0.717, 1.165) is 24.0 Å². The lowest BCUT2D eigenvalue weighted by Crippen LogP contribution is -2.37. The third-order valence-corrected chi connectivity index (χ3v) is 24.7. The van der Waals surface area contributed by atoms with E-state index in [1.165, 1.54) is 69.7 Å². The van der Waals surface area contributed by atoms with Gasteiger partial charge in [-0.3, -0.25) is 72.2 Å². The van der Waals surface area contributed by atoms with Crippen molar-refractivity contribution in [2.75, 3.05) is 21.1 Å². The fourth-order valence-electron chi connectivity index (χ4n) is 17.5. The fourth-order valence-corrected chi connectivity index (χ4v) is 19.0. The molecule has 0 fully saturated rings. The van der Waals surface area contributed by atoms with Gasteiger partial charge < -0.3 is 0 Å². The van der Waals surface area contributed by atoms with Crippen molar-refractivity contribution in [3.8, 4) is 24.3 Å². The molecule has 12 amide bonds. The summed E-state index contributed by atoms with van der Waals surface area (Å²) in [4.78, 5) is 175. The molecule has 29 heteroatoms. The number of nitriles is 4. The standard InChI is InChI=1S/C29H7IN6O4.2C27H9IN4O4/c1-33-16-6-14-20-12(26(37)35(3)27(14)38)4-10(8-31)18-19-11(9-32)5-13-21-15(29(40)36(30)28(13)39)7-17(34-2)23(25(19)21)22(16)24(18)20;1-30-17-8-16-20-14(26(35)32(28)27(16)36)6-3-11-18-10(9-29)7-15-19-13(24(33)31(2)25(15)34)5-4-12(22(18)19)21(17)23(11)20;1-30-17-8-16-21-15(26(35)32(28)27(16)36)7-10(9-29)18-11-3-5-13-20-14(25(34)31(2)24(13)33)6-4-12(19(11)20)22(17)23(18)21/h4-7H,3H3;2*3-8H,2H3. The molecule has 520 valence electrons. The van der Waals surface area contributed by atoms with Crippen molar-refractivity contribution in [1.29, 1.82) is 21.0 Å². The van der Waals surface area contributed by atoms with Gasteiger partial charge in [0.05, 0.1) is 153 Å². The highest BCUT2D eigenvalue weighted by Gasteiger charge is 2.43. The summed E-state index contributed by atoms with van der Waals surface area (Å²) >= 11 is 4.88.